The van der Waals surface area contributed by atoms with Gasteiger partial charge in [-0.15, -0.1) is 0 Å². The van der Waals surface area contributed by atoms with Crippen molar-refractivity contribution in [1.29, 1.82) is 0 Å². The zero-order valence-corrected chi connectivity index (χ0v) is 16.5. The molecule has 2 aromatic rings. The Bertz CT molecular complexity index is 819. The lowest BCUT2D eigenvalue weighted by molar-refractivity contribution is -0.136. The smallest absolute Gasteiger partial charge is 0.251 e. The van der Waals surface area contributed by atoms with Crippen molar-refractivity contribution in [2.75, 3.05) is 6.54 Å². The fourth-order valence-corrected chi connectivity index (χ4v) is 4.91. The van der Waals surface area contributed by atoms with Crippen LogP contribution >= 0.6 is 0 Å². The Hall–Kier alpha value is -2.36. The monoisotopic (exact) mass is 378 g/mol. The molecule has 28 heavy (non-hydrogen) atoms. The van der Waals surface area contributed by atoms with Crippen LogP contribution in [0.15, 0.2) is 42.5 Å². The van der Waals surface area contributed by atoms with Gasteiger partial charge in [0.2, 0.25) is 5.91 Å². The lowest BCUT2D eigenvalue weighted by Crippen LogP contribution is -2.46. The van der Waals surface area contributed by atoms with Crippen molar-refractivity contribution >= 4 is 22.6 Å². The summed E-state index contributed by atoms with van der Waals surface area (Å²) in [4.78, 5) is 27.7. The number of carbonyl (C=O) groups is 2. The lowest BCUT2D eigenvalue weighted by Gasteiger charge is -2.35. The maximum absolute atomic E-state index is 13.0. The third kappa shape index (κ3) is 4.21. The predicted octanol–water partition coefficient (Wildman–Crippen LogP) is 4.67. The highest BCUT2D eigenvalue weighted by atomic mass is 16.2. The number of nitrogens with zero attached hydrogens (tertiary/aromatic N) is 1. The summed E-state index contributed by atoms with van der Waals surface area (Å²) in [5.74, 6) is 0.115. The van der Waals surface area contributed by atoms with E-state index in [1.54, 1.807) is 0 Å². The molecule has 2 amide bonds. The van der Waals surface area contributed by atoms with Crippen LogP contribution in [0.25, 0.3) is 10.8 Å². The van der Waals surface area contributed by atoms with E-state index in [4.69, 9.17) is 0 Å². The molecule has 2 aliphatic carbocycles. The van der Waals surface area contributed by atoms with Crippen molar-refractivity contribution in [3.8, 4) is 0 Å². The Morgan fingerprint density at radius 2 is 1.46 bits per heavy atom. The Morgan fingerprint density at radius 3 is 2.11 bits per heavy atom. The first-order chi connectivity index (χ1) is 13.7. The van der Waals surface area contributed by atoms with Gasteiger partial charge in [0.05, 0.1) is 0 Å². The molecule has 0 atom stereocenters. The van der Waals surface area contributed by atoms with Crippen LogP contribution in [-0.2, 0) is 4.79 Å². The summed E-state index contributed by atoms with van der Waals surface area (Å²) in [6.07, 6.45) is 9.92. The minimum absolute atomic E-state index is 0.105. The summed E-state index contributed by atoms with van der Waals surface area (Å²) in [6, 6.07) is 14.6. The minimum atomic E-state index is -0.105. The lowest BCUT2D eigenvalue weighted by atomic mass is 10.1. The van der Waals surface area contributed by atoms with E-state index in [1.165, 1.54) is 25.7 Å². The number of nitrogens with one attached hydrogen (secondary N) is 1. The van der Waals surface area contributed by atoms with E-state index < -0.39 is 0 Å². The molecule has 2 aliphatic rings. The van der Waals surface area contributed by atoms with Crippen LogP contribution in [0.2, 0.25) is 0 Å². The fraction of sp³-hybridized carbons (Fsp3) is 0.500. The van der Waals surface area contributed by atoms with Crippen LogP contribution in [0.3, 0.4) is 0 Å². The predicted molar refractivity (Wildman–Crippen MR) is 112 cm³/mol. The Kier molecular flexibility index (Phi) is 5.94. The van der Waals surface area contributed by atoms with Crippen LogP contribution in [0.5, 0.6) is 0 Å². The molecule has 1 N–H and O–H groups in total. The molecule has 0 aromatic heterocycles. The van der Waals surface area contributed by atoms with E-state index in [0.29, 0.717) is 30.6 Å². The van der Waals surface area contributed by atoms with Gasteiger partial charge >= 0.3 is 0 Å². The zero-order valence-electron chi connectivity index (χ0n) is 16.5. The summed E-state index contributed by atoms with van der Waals surface area (Å²) < 4.78 is 0. The molecule has 2 saturated carbocycles. The topological polar surface area (TPSA) is 49.4 Å². The zero-order chi connectivity index (χ0) is 19.3. The Morgan fingerprint density at radius 1 is 0.857 bits per heavy atom. The molecule has 0 spiro atoms. The second-order valence-corrected chi connectivity index (χ2v) is 8.25. The SMILES string of the molecule is O=C(NCCC(=O)N(C1CCCC1)C1CCCC1)c1ccc2ccccc2c1. The third-order valence-electron chi connectivity index (χ3n) is 6.36. The van der Waals surface area contributed by atoms with Gasteiger partial charge in [-0.3, -0.25) is 9.59 Å². The maximum atomic E-state index is 13.0. The summed E-state index contributed by atoms with van der Waals surface area (Å²) >= 11 is 0. The van der Waals surface area contributed by atoms with Crippen LogP contribution in [0.4, 0.5) is 0 Å². The molecule has 2 aromatic carbocycles. The van der Waals surface area contributed by atoms with Gasteiger partial charge in [-0.25, -0.2) is 0 Å². The molecule has 0 bridgehead atoms. The first kappa shape index (κ1) is 19.0. The van der Waals surface area contributed by atoms with Gasteiger partial charge in [-0.05, 0) is 48.6 Å². The number of amides is 2. The second kappa shape index (κ2) is 8.76. The maximum Gasteiger partial charge on any atom is 0.251 e. The summed E-state index contributed by atoms with van der Waals surface area (Å²) in [5.41, 5.74) is 0.648. The molecular formula is C24H30N2O2. The van der Waals surface area contributed by atoms with Crippen molar-refractivity contribution in [3.05, 3.63) is 48.0 Å². The number of carbonyl (C=O) groups excluding carboxylic acids is 2. The fourth-order valence-electron chi connectivity index (χ4n) is 4.91. The van der Waals surface area contributed by atoms with Crippen LogP contribution < -0.4 is 5.32 Å². The van der Waals surface area contributed by atoms with Crippen molar-refractivity contribution in [3.63, 3.8) is 0 Å². The number of benzene rings is 2. The van der Waals surface area contributed by atoms with Crippen molar-refractivity contribution < 1.29 is 9.59 Å². The van der Waals surface area contributed by atoms with E-state index in [1.807, 2.05) is 42.5 Å². The normalized spacial score (nSPS) is 17.9. The van der Waals surface area contributed by atoms with Gasteiger partial charge in [-0.2, -0.15) is 0 Å². The van der Waals surface area contributed by atoms with Gasteiger partial charge in [0.15, 0.2) is 0 Å². The van der Waals surface area contributed by atoms with Gasteiger partial charge in [-0.1, -0.05) is 56.0 Å². The second-order valence-electron chi connectivity index (χ2n) is 8.25. The van der Waals surface area contributed by atoms with E-state index in [9.17, 15) is 9.59 Å². The van der Waals surface area contributed by atoms with Crippen LogP contribution in [-0.4, -0.2) is 35.3 Å². The first-order valence-corrected chi connectivity index (χ1v) is 10.8. The van der Waals surface area contributed by atoms with E-state index in [2.05, 4.69) is 10.2 Å². The number of hydrogen-bond acceptors (Lipinski definition) is 2. The quantitative estimate of drug-likeness (QED) is 0.794. The molecule has 4 nitrogen and oxygen atoms in total. The molecular weight excluding hydrogens is 348 g/mol. The molecule has 0 aliphatic heterocycles. The summed E-state index contributed by atoms with van der Waals surface area (Å²) in [5, 5.41) is 5.12. The Balaban J connectivity index is 1.34. The number of fused-ring (bicyclic) bond motifs is 1. The average molecular weight is 379 g/mol. The van der Waals surface area contributed by atoms with Crippen LogP contribution in [0, 0.1) is 0 Å². The molecule has 0 unspecified atom stereocenters. The standard InChI is InChI=1S/C24H30N2O2/c27-23(26(21-9-3-4-10-21)22-11-5-6-12-22)15-16-25-24(28)20-14-13-18-7-1-2-8-19(18)17-20/h1-2,7-8,13-14,17,21-22H,3-6,9-12,15-16H2,(H,25,28). The molecule has 148 valence electrons. The van der Waals surface area contributed by atoms with Gasteiger partial charge in [0, 0.05) is 30.6 Å². The molecule has 0 saturated heterocycles. The Labute approximate surface area is 167 Å². The molecule has 0 heterocycles. The van der Waals surface area contributed by atoms with Crippen molar-refractivity contribution in [2.45, 2.75) is 69.9 Å². The number of hydrogen-bond donors (Lipinski definition) is 1. The van der Waals surface area contributed by atoms with Crippen molar-refractivity contribution in [1.82, 2.24) is 10.2 Å². The van der Waals surface area contributed by atoms with Gasteiger partial charge in [0.25, 0.3) is 5.91 Å². The largest absolute Gasteiger partial charge is 0.352 e. The minimum Gasteiger partial charge on any atom is -0.352 e. The molecule has 4 heteroatoms. The van der Waals surface area contributed by atoms with Gasteiger partial charge < -0.3 is 10.2 Å². The highest BCUT2D eigenvalue weighted by Gasteiger charge is 2.33. The van der Waals surface area contributed by atoms with Crippen molar-refractivity contribution in [2.24, 2.45) is 0 Å². The van der Waals surface area contributed by atoms with Crippen LogP contribution in [0.1, 0.15) is 68.1 Å². The number of rotatable bonds is 6. The third-order valence-corrected chi connectivity index (χ3v) is 6.36. The summed E-state index contributed by atoms with van der Waals surface area (Å²) in [7, 11) is 0. The molecule has 0 radical (unpaired) electrons. The van der Waals surface area contributed by atoms with E-state index in [-0.39, 0.29) is 11.8 Å². The first-order valence-electron chi connectivity index (χ1n) is 10.8. The van der Waals surface area contributed by atoms with E-state index >= 15 is 0 Å². The molecule has 2 fully saturated rings. The molecule has 4 rings (SSSR count). The summed E-state index contributed by atoms with van der Waals surface area (Å²) in [6.45, 7) is 0.403. The highest BCUT2D eigenvalue weighted by Crippen LogP contribution is 2.32. The average Bonchev–Trinajstić information content (AvgIpc) is 3.43. The van der Waals surface area contributed by atoms with E-state index in [0.717, 1.165) is 36.5 Å². The van der Waals surface area contributed by atoms with Gasteiger partial charge in [0.1, 0.15) is 0 Å². The highest BCUT2D eigenvalue weighted by molar-refractivity contribution is 5.98.